The highest BCUT2D eigenvalue weighted by atomic mass is 79.9. The summed E-state index contributed by atoms with van der Waals surface area (Å²) in [6, 6.07) is 14.1. The molecule has 1 saturated heterocycles. The molecule has 3 aromatic rings. The van der Waals surface area contributed by atoms with Gasteiger partial charge in [-0.1, -0.05) is 21.1 Å². The van der Waals surface area contributed by atoms with Crippen LogP contribution in [0.3, 0.4) is 0 Å². The topological polar surface area (TPSA) is 85.5 Å². The van der Waals surface area contributed by atoms with E-state index < -0.39 is 10.0 Å². The van der Waals surface area contributed by atoms with Gasteiger partial charge in [0.1, 0.15) is 5.75 Å². The maximum atomic E-state index is 13.0. The summed E-state index contributed by atoms with van der Waals surface area (Å²) in [5, 5.41) is 4.07. The van der Waals surface area contributed by atoms with Gasteiger partial charge in [-0.2, -0.15) is 9.29 Å². The molecule has 0 amide bonds. The van der Waals surface area contributed by atoms with E-state index in [1.807, 2.05) is 24.3 Å². The van der Waals surface area contributed by atoms with Crippen LogP contribution in [0.5, 0.6) is 5.75 Å². The predicted molar refractivity (Wildman–Crippen MR) is 111 cm³/mol. The second-order valence-electron chi connectivity index (χ2n) is 6.84. The number of halogens is 1. The van der Waals surface area contributed by atoms with Crippen molar-refractivity contribution in [2.45, 2.75) is 23.7 Å². The number of piperidine rings is 1. The molecule has 2 heterocycles. The van der Waals surface area contributed by atoms with Crippen molar-refractivity contribution in [2.24, 2.45) is 0 Å². The molecule has 4 rings (SSSR count). The molecule has 0 bridgehead atoms. The molecule has 0 aliphatic carbocycles. The summed E-state index contributed by atoms with van der Waals surface area (Å²) < 4.78 is 39.0. The predicted octanol–water partition coefficient (Wildman–Crippen LogP) is 4.08. The summed E-state index contributed by atoms with van der Waals surface area (Å²) >= 11 is 3.33. The molecule has 0 radical (unpaired) electrons. The average Bonchev–Trinajstić information content (AvgIpc) is 3.24. The largest absolute Gasteiger partial charge is 0.497 e. The molecule has 152 valence electrons. The zero-order valence-electron chi connectivity index (χ0n) is 15.8. The molecule has 1 fully saturated rings. The molecule has 0 saturated carbocycles. The van der Waals surface area contributed by atoms with Gasteiger partial charge in [0.25, 0.3) is 0 Å². The van der Waals surface area contributed by atoms with Crippen molar-refractivity contribution in [1.82, 2.24) is 14.4 Å². The lowest BCUT2D eigenvalue weighted by molar-refractivity contribution is 0.265. The lowest BCUT2D eigenvalue weighted by Crippen LogP contribution is -2.39. The maximum absolute atomic E-state index is 13.0. The van der Waals surface area contributed by atoms with Crippen molar-refractivity contribution < 1.29 is 17.7 Å². The Kier molecular flexibility index (Phi) is 5.71. The molecule has 1 aliphatic heterocycles. The second kappa shape index (κ2) is 8.25. The zero-order chi connectivity index (χ0) is 20.4. The fourth-order valence-corrected chi connectivity index (χ4v) is 5.16. The summed E-state index contributed by atoms with van der Waals surface area (Å²) in [5.74, 6) is 1.56. The first-order valence-corrected chi connectivity index (χ1v) is 11.4. The Balaban J connectivity index is 1.52. The summed E-state index contributed by atoms with van der Waals surface area (Å²) in [6.45, 7) is 0.803. The normalized spacial score (nSPS) is 17.9. The van der Waals surface area contributed by atoms with Gasteiger partial charge in [0.05, 0.1) is 17.9 Å². The smallest absolute Gasteiger partial charge is 0.243 e. The Morgan fingerprint density at radius 2 is 1.86 bits per heavy atom. The van der Waals surface area contributed by atoms with E-state index in [1.54, 1.807) is 31.4 Å². The van der Waals surface area contributed by atoms with E-state index in [9.17, 15) is 8.42 Å². The lowest BCUT2D eigenvalue weighted by atomic mass is 10.00. The molecule has 1 aromatic heterocycles. The van der Waals surface area contributed by atoms with Crippen LogP contribution in [0.4, 0.5) is 0 Å². The van der Waals surface area contributed by atoms with Crippen molar-refractivity contribution in [3.8, 4) is 17.1 Å². The molecule has 7 nitrogen and oxygen atoms in total. The minimum absolute atomic E-state index is 0.131. The second-order valence-corrected chi connectivity index (χ2v) is 9.69. The number of methoxy groups -OCH3 is 1. The molecule has 0 spiro atoms. The van der Waals surface area contributed by atoms with E-state index in [-0.39, 0.29) is 10.8 Å². The minimum atomic E-state index is -3.56. The number of benzene rings is 2. The molecule has 2 aromatic carbocycles. The van der Waals surface area contributed by atoms with E-state index in [0.29, 0.717) is 24.8 Å². The van der Waals surface area contributed by atoms with E-state index in [4.69, 9.17) is 9.26 Å². The molecule has 9 heteroatoms. The van der Waals surface area contributed by atoms with Gasteiger partial charge in [0.2, 0.25) is 21.7 Å². The number of rotatable bonds is 5. The Bertz CT molecular complexity index is 1080. The van der Waals surface area contributed by atoms with Crippen molar-refractivity contribution in [1.29, 1.82) is 0 Å². The van der Waals surface area contributed by atoms with Crippen molar-refractivity contribution >= 4 is 26.0 Å². The Labute approximate surface area is 177 Å². The van der Waals surface area contributed by atoms with Gasteiger partial charge in [-0.05, 0) is 61.4 Å². The van der Waals surface area contributed by atoms with Gasteiger partial charge >= 0.3 is 0 Å². The summed E-state index contributed by atoms with van der Waals surface area (Å²) in [5.41, 5.74) is 0.816. The Morgan fingerprint density at radius 3 is 2.55 bits per heavy atom. The molecule has 1 aliphatic rings. The minimum Gasteiger partial charge on any atom is -0.497 e. The maximum Gasteiger partial charge on any atom is 0.243 e. The zero-order valence-corrected chi connectivity index (χ0v) is 18.2. The highest BCUT2D eigenvalue weighted by Crippen LogP contribution is 2.31. The number of aromatic nitrogens is 2. The number of hydrogen-bond donors (Lipinski definition) is 0. The van der Waals surface area contributed by atoms with Gasteiger partial charge in [-0.25, -0.2) is 8.42 Å². The monoisotopic (exact) mass is 477 g/mol. The van der Waals surface area contributed by atoms with Gasteiger partial charge in [-0.3, -0.25) is 0 Å². The van der Waals surface area contributed by atoms with Crippen molar-refractivity contribution in [3.63, 3.8) is 0 Å². The third-order valence-corrected chi connectivity index (χ3v) is 7.38. The number of ether oxygens (including phenoxy) is 1. The lowest BCUT2D eigenvalue weighted by Gasteiger charge is -2.30. The fraction of sp³-hybridized carbons (Fsp3) is 0.300. The van der Waals surface area contributed by atoms with E-state index in [1.165, 1.54) is 4.31 Å². The quantitative estimate of drug-likeness (QED) is 0.550. The molecular formula is C20H20BrN3O4S. The van der Waals surface area contributed by atoms with E-state index >= 15 is 0 Å². The fourth-order valence-electron chi connectivity index (χ4n) is 3.38. The number of sulfonamides is 1. The molecule has 29 heavy (non-hydrogen) atoms. The van der Waals surface area contributed by atoms with Crippen LogP contribution >= 0.6 is 15.9 Å². The van der Waals surface area contributed by atoms with Gasteiger partial charge in [0, 0.05) is 23.1 Å². The Morgan fingerprint density at radius 1 is 1.14 bits per heavy atom. The number of hydrogen-bond acceptors (Lipinski definition) is 6. The third kappa shape index (κ3) is 4.22. The highest BCUT2D eigenvalue weighted by Gasteiger charge is 2.33. The van der Waals surface area contributed by atoms with Crippen LogP contribution in [0.15, 0.2) is 62.4 Å². The van der Waals surface area contributed by atoms with Gasteiger partial charge in [0.15, 0.2) is 0 Å². The average molecular weight is 478 g/mol. The summed E-state index contributed by atoms with van der Waals surface area (Å²) in [6.07, 6.45) is 1.54. The van der Waals surface area contributed by atoms with E-state index in [2.05, 4.69) is 26.1 Å². The highest BCUT2D eigenvalue weighted by molar-refractivity contribution is 9.10. The molecular weight excluding hydrogens is 458 g/mol. The standard InChI is InChI=1S/C20H20BrN3O4S/c1-27-17-8-4-14(5-9-17)19-22-20(28-23-19)15-3-2-12-24(13-15)29(25,26)18-10-6-16(21)7-11-18/h4-11,15H,2-3,12-13H2,1H3/t15-/m0/s1. The van der Waals surface area contributed by atoms with Crippen molar-refractivity contribution in [3.05, 3.63) is 58.9 Å². The van der Waals surface area contributed by atoms with E-state index in [0.717, 1.165) is 28.6 Å². The molecule has 1 atom stereocenters. The van der Waals surface area contributed by atoms with Crippen LogP contribution in [-0.4, -0.2) is 43.1 Å². The van der Waals surface area contributed by atoms with Crippen LogP contribution in [-0.2, 0) is 10.0 Å². The van der Waals surface area contributed by atoms with Gasteiger partial charge in [-0.15, -0.1) is 0 Å². The Hall–Kier alpha value is -2.23. The first-order valence-electron chi connectivity index (χ1n) is 9.21. The van der Waals surface area contributed by atoms with Crippen LogP contribution in [0.1, 0.15) is 24.7 Å². The number of nitrogens with zero attached hydrogens (tertiary/aromatic N) is 3. The first kappa shape index (κ1) is 20.1. The summed E-state index contributed by atoms with van der Waals surface area (Å²) in [7, 11) is -1.95. The van der Waals surface area contributed by atoms with Crippen LogP contribution in [0.2, 0.25) is 0 Å². The van der Waals surface area contributed by atoms with Crippen molar-refractivity contribution in [2.75, 3.05) is 20.2 Å². The SMILES string of the molecule is COc1ccc(-c2noc([C@H]3CCCN(S(=O)(=O)c4ccc(Br)cc4)C3)n2)cc1. The van der Waals surface area contributed by atoms with Gasteiger partial charge < -0.3 is 9.26 Å². The molecule has 0 N–H and O–H groups in total. The summed E-state index contributed by atoms with van der Waals surface area (Å²) in [4.78, 5) is 4.80. The molecule has 0 unspecified atom stereocenters. The van der Waals surface area contributed by atoms with Crippen LogP contribution in [0.25, 0.3) is 11.4 Å². The van der Waals surface area contributed by atoms with Crippen LogP contribution in [0, 0.1) is 0 Å². The van der Waals surface area contributed by atoms with Crippen LogP contribution < -0.4 is 4.74 Å². The third-order valence-electron chi connectivity index (χ3n) is 4.97. The first-order chi connectivity index (χ1) is 14.0.